The molecule has 1 heterocycles. The van der Waals surface area contributed by atoms with Crippen LogP contribution in [0.15, 0.2) is 18.3 Å². The van der Waals surface area contributed by atoms with E-state index >= 15 is 0 Å². The van der Waals surface area contributed by atoms with Gasteiger partial charge in [0.2, 0.25) is 0 Å². The zero-order chi connectivity index (χ0) is 12.3. The summed E-state index contributed by atoms with van der Waals surface area (Å²) >= 11 is 5.04. The SMILES string of the molecule is NC(=S)c1cccnc1N(CCO)C1CCC1. The average Bonchev–Trinajstić information content (AvgIpc) is 2.26. The predicted molar refractivity (Wildman–Crippen MR) is 72.2 cm³/mol. The molecular weight excluding hydrogens is 234 g/mol. The molecule has 4 nitrogen and oxygen atoms in total. The van der Waals surface area contributed by atoms with Crippen LogP contribution >= 0.6 is 12.2 Å². The zero-order valence-corrected chi connectivity index (χ0v) is 10.5. The molecule has 92 valence electrons. The minimum Gasteiger partial charge on any atom is -0.395 e. The lowest BCUT2D eigenvalue weighted by atomic mass is 9.91. The van der Waals surface area contributed by atoms with E-state index in [0.29, 0.717) is 17.6 Å². The van der Waals surface area contributed by atoms with Crippen LogP contribution < -0.4 is 10.6 Å². The quantitative estimate of drug-likeness (QED) is 0.766. The van der Waals surface area contributed by atoms with E-state index in [-0.39, 0.29) is 6.61 Å². The number of rotatable bonds is 5. The van der Waals surface area contributed by atoms with Crippen LogP contribution in [0.25, 0.3) is 0 Å². The number of aliphatic hydroxyl groups excluding tert-OH is 1. The third-order valence-corrected chi connectivity index (χ3v) is 3.40. The fourth-order valence-corrected chi connectivity index (χ4v) is 2.25. The van der Waals surface area contributed by atoms with Crippen molar-refractivity contribution in [1.82, 2.24) is 4.98 Å². The van der Waals surface area contributed by atoms with Gasteiger partial charge in [-0.15, -0.1) is 0 Å². The highest BCUT2D eigenvalue weighted by Crippen LogP contribution is 2.29. The molecule has 1 saturated carbocycles. The van der Waals surface area contributed by atoms with Gasteiger partial charge in [0.1, 0.15) is 10.8 Å². The number of aliphatic hydroxyl groups is 1. The van der Waals surface area contributed by atoms with Crippen molar-refractivity contribution in [3.05, 3.63) is 23.9 Å². The molecule has 0 saturated heterocycles. The van der Waals surface area contributed by atoms with Gasteiger partial charge in [-0.05, 0) is 31.4 Å². The molecule has 1 aliphatic carbocycles. The lowest BCUT2D eigenvalue weighted by Crippen LogP contribution is -2.43. The lowest BCUT2D eigenvalue weighted by Gasteiger charge is -2.38. The molecule has 0 aromatic carbocycles. The second kappa shape index (κ2) is 5.42. The van der Waals surface area contributed by atoms with E-state index in [0.717, 1.165) is 24.2 Å². The fraction of sp³-hybridized carbons (Fsp3) is 0.500. The first-order valence-corrected chi connectivity index (χ1v) is 6.27. The summed E-state index contributed by atoms with van der Waals surface area (Å²) < 4.78 is 0. The van der Waals surface area contributed by atoms with Crippen molar-refractivity contribution < 1.29 is 5.11 Å². The molecular formula is C12H17N3OS. The molecule has 3 N–H and O–H groups in total. The fourth-order valence-electron chi connectivity index (χ4n) is 2.09. The van der Waals surface area contributed by atoms with Crippen LogP contribution in [0.3, 0.4) is 0 Å². The van der Waals surface area contributed by atoms with Crippen molar-refractivity contribution in [2.45, 2.75) is 25.3 Å². The zero-order valence-electron chi connectivity index (χ0n) is 9.67. The van der Waals surface area contributed by atoms with Gasteiger partial charge < -0.3 is 15.7 Å². The Balaban J connectivity index is 2.30. The Hall–Kier alpha value is -1.20. The topological polar surface area (TPSA) is 62.4 Å². The number of thiocarbonyl (C=S) groups is 1. The van der Waals surface area contributed by atoms with Gasteiger partial charge in [0, 0.05) is 18.8 Å². The molecule has 0 radical (unpaired) electrons. The largest absolute Gasteiger partial charge is 0.395 e. The first-order valence-electron chi connectivity index (χ1n) is 5.86. The van der Waals surface area contributed by atoms with Crippen molar-refractivity contribution in [3.8, 4) is 0 Å². The predicted octanol–water partition coefficient (Wildman–Crippen LogP) is 1.07. The number of aromatic nitrogens is 1. The van der Waals surface area contributed by atoms with Crippen LogP contribution in [0.4, 0.5) is 5.82 Å². The van der Waals surface area contributed by atoms with E-state index in [1.54, 1.807) is 6.20 Å². The Morgan fingerprint density at radius 3 is 2.88 bits per heavy atom. The molecule has 1 aromatic heterocycles. The van der Waals surface area contributed by atoms with E-state index in [4.69, 9.17) is 23.1 Å². The van der Waals surface area contributed by atoms with E-state index < -0.39 is 0 Å². The second-order valence-electron chi connectivity index (χ2n) is 4.24. The molecule has 0 spiro atoms. The highest BCUT2D eigenvalue weighted by molar-refractivity contribution is 7.80. The van der Waals surface area contributed by atoms with Gasteiger partial charge in [-0.3, -0.25) is 0 Å². The van der Waals surface area contributed by atoms with Crippen LogP contribution in [-0.2, 0) is 0 Å². The highest BCUT2D eigenvalue weighted by Gasteiger charge is 2.27. The van der Waals surface area contributed by atoms with Crippen LogP contribution in [0.2, 0.25) is 0 Å². The number of pyridine rings is 1. The number of nitrogens with two attached hydrogens (primary N) is 1. The van der Waals surface area contributed by atoms with Crippen molar-refractivity contribution >= 4 is 23.0 Å². The van der Waals surface area contributed by atoms with Crippen molar-refractivity contribution in [2.24, 2.45) is 5.73 Å². The Bertz CT molecular complexity index is 406. The molecule has 0 aliphatic heterocycles. The van der Waals surface area contributed by atoms with E-state index in [1.165, 1.54) is 6.42 Å². The van der Waals surface area contributed by atoms with E-state index in [1.807, 2.05) is 12.1 Å². The van der Waals surface area contributed by atoms with Crippen molar-refractivity contribution in [1.29, 1.82) is 0 Å². The van der Waals surface area contributed by atoms with Crippen molar-refractivity contribution in [3.63, 3.8) is 0 Å². The van der Waals surface area contributed by atoms with E-state index in [2.05, 4.69) is 9.88 Å². The number of anilines is 1. The maximum absolute atomic E-state index is 9.16. The number of hydrogen-bond acceptors (Lipinski definition) is 4. The molecule has 0 amide bonds. The molecule has 0 bridgehead atoms. The standard InChI is InChI=1S/C12H17N3OS/c13-11(17)10-5-2-6-14-12(10)15(7-8-16)9-3-1-4-9/h2,5-6,9,16H,1,3-4,7-8H2,(H2,13,17). The second-order valence-corrected chi connectivity index (χ2v) is 4.68. The van der Waals surface area contributed by atoms with Crippen molar-refractivity contribution in [2.75, 3.05) is 18.1 Å². The Morgan fingerprint density at radius 2 is 2.35 bits per heavy atom. The minimum atomic E-state index is 0.115. The monoisotopic (exact) mass is 251 g/mol. The summed E-state index contributed by atoms with van der Waals surface area (Å²) in [6, 6.07) is 4.18. The number of hydrogen-bond donors (Lipinski definition) is 2. The molecule has 0 unspecified atom stereocenters. The summed E-state index contributed by atoms with van der Waals surface area (Å²) in [5.74, 6) is 0.804. The van der Waals surface area contributed by atoms with E-state index in [9.17, 15) is 0 Å². The molecule has 1 aromatic rings. The van der Waals surface area contributed by atoms with Gasteiger partial charge in [0.15, 0.2) is 0 Å². The van der Waals surface area contributed by atoms with Gasteiger partial charge in [0.05, 0.1) is 12.2 Å². The maximum atomic E-state index is 9.16. The summed E-state index contributed by atoms with van der Waals surface area (Å²) in [5, 5.41) is 9.16. The molecule has 2 rings (SSSR count). The molecule has 17 heavy (non-hydrogen) atoms. The van der Waals surface area contributed by atoms with Gasteiger partial charge in [-0.2, -0.15) is 0 Å². The van der Waals surface area contributed by atoms with Gasteiger partial charge >= 0.3 is 0 Å². The Morgan fingerprint density at radius 1 is 1.59 bits per heavy atom. The van der Waals surface area contributed by atoms with Crippen LogP contribution in [0.5, 0.6) is 0 Å². The Kier molecular flexibility index (Phi) is 3.91. The van der Waals surface area contributed by atoms with Crippen LogP contribution in [0, 0.1) is 0 Å². The first-order chi connectivity index (χ1) is 8.24. The minimum absolute atomic E-state index is 0.115. The summed E-state index contributed by atoms with van der Waals surface area (Å²) in [4.78, 5) is 6.85. The number of nitrogens with zero attached hydrogens (tertiary/aromatic N) is 2. The molecule has 1 aliphatic rings. The molecule has 5 heteroatoms. The van der Waals surface area contributed by atoms with Gasteiger partial charge in [-0.25, -0.2) is 4.98 Å². The lowest BCUT2D eigenvalue weighted by molar-refractivity contribution is 0.283. The van der Waals surface area contributed by atoms with Crippen LogP contribution in [0.1, 0.15) is 24.8 Å². The summed E-state index contributed by atoms with van der Waals surface area (Å²) in [6.45, 7) is 0.696. The summed E-state index contributed by atoms with van der Waals surface area (Å²) in [6.07, 6.45) is 5.27. The van der Waals surface area contributed by atoms with Gasteiger partial charge in [-0.1, -0.05) is 12.2 Å². The smallest absolute Gasteiger partial charge is 0.139 e. The summed E-state index contributed by atoms with van der Waals surface area (Å²) in [5.41, 5.74) is 6.50. The maximum Gasteiger partial charge on any atom is 0.139 e. The molecule has 0 atom stereocenters. The Labute approximate surface area is 106 Å². The highest BCUT2D eigenvalue weighted by atomic mass is 32.1. The molecule has 1 fully saturated rings. The third-order valence-electron chi connectivity index (χ3n) is 3.18. The van der Waals surface area contributed by atoms with Crippen LogP contribution in [-0.4, -0.2) is 34.3 Å². The average molecular weight is 251 g/mol. The third kappa shape index (κ3) is 2.56. The normalized spacial score (nSPS) is 15.4. The van der Waals surface area contributed by atoms with Gasteiger partial charge in [0.25, 0.3) is 0 Å². The first kappa shape index (κ1) is 12.3. The summed E-state index contributed by atoms with van der Waals surface area (Å²) in [7, 11) is 0.